The number of aromatic nitrogens is 3. The van der Waals surface area contributed by atoms with Crippen molar-refractivity contribution in [2.75, 3.05) is 6.54 Å². The number of aliphatic hydroxyl groups excluding tert-OH is 1. The predicted molar refractivity (Wildman–Crippen MR) is 135 cm³/mol. The molecule has 1 fully saturated rings. The number of nitrogens with one attached hydrogen (secondary N) is 1. The van der Waals surface area contributed by atoms with Gasteiger partial charge in [0.15, 0.2) is 5.65 Å². The molecule has 3 rings (SSSR count). The Labute approximate surface area is 214 Å². The van der Waals surface area contributed by atoms with Crippen LogP contribution in [0, 0.1) is 0 Å². The van der Waals surface area contributed by atoms with Gasteiger partial charge < -0.3 is 15.2 Å². The molecule has 0 bridgehead atoms. The molecule has 0 saturated carbocycles. The second-order valence-electron chi connectivity index (χ2n) is 9.26. The maximum atomic E-state index is 13.0. The highest BCUT2D eigenvalue weighted by Gasteiger charge is 2.40. The van der Waals surface area contributed by atoms with E-state index in [4.69, 9.17) is 16.3 Å². The van der Waals surface area contributed by atoms with Crippen LogP contribution in [-0.2, 0) is 26.1 Å². The van der Waals surface area contributed by atoms with Gasteiger partial charge in [0.2, 0.25) is 5.91 Å². The fraction of sp³-hybridized carbons (Fsp3) is 0.478. The number of nitrogens with zero attached hydrogens (tertiary/aromatic N) is 4. The lowest BCUT2D eigenvalue weighted by atomic mass is 10.2. The summed E-state index contributed by atoms with van der Waals surface area (Å²) in [7, 11) is -3.94. The van der Waals surface area contributed by atoms with Gasteiger partial charge >= 0.3 is 6.09 Å². The number of amides is 2. The second-order valence-corrected chi connectivity index (χ2v) is 11.5. The average molecular weight is 540 g/mol. The van der Waals surface area contributed by atoms with Crippen LogP contribution in [0.4, 0.5) is 4.79 Å². The first-order chi connectivity index (χ1) is 16.8. The zero-order chi connectivity index (χ0) is 26.8. The van der Waals surface area contributed by atoms with Crippen LogP contribution in [0.1, 0.15) is 46.7 Å². The van der Waals surface area contributed by atoms with Gasteiger partial charge in [-0.1, -0.05) is 23.8 Å². The van der Waals surface area contributed by atoms with E-state index in [2.05, 4.69) is 15.3 Å². The van der Waals surface area contributed by atoms with Crippen LogP contribution in [0.2, 0.25) is 5.02 Å². The van der Waals surface area contributed by atoms with Crippen molar-refractivity contribution in [2.45, 2.75) is 65.3 Å². The number of likely N-dealkylation sites (tertiary alicyclic amines) is 1. The highest BCUT2D eigenvalue weighted by atomic mass is 35.5. The molecule has 196 valence electrons. The van der Waals surface area contributed by atoms with Gasteiger partial charge in [0.25, 0.3) is 10.0 Å². The summed E-state index contributed by atoms with van der Waals surface area (Å²) in [4.78, 5) is 35.2. The Hall–Kier alpha value is -2.96. The standard InChI is InChI=1S/C23H30ClN5O6S/c1-6-8-16(7-2)36(33,34)29-13-17(24)19-20(29)25-10-14(27-19)11-26-21(31)18-9-15(30)12-28(18)22(32)35-23(3,4)5/h6-8,10,13,15,18,30H,9,11-12H2,1-5H3,(H,26,31). The molecule has 1 aliphatic rings. The number of carbonyl (C=O) groups is 2. The van der Waals surface area contributed by atoms with Crippen molar-refractivity contribution in [1.82, 2.24) is 24.2 Å². The lowest BCUT2D eigenvalue weighted by molar-refractivity contribution is -0.125. The molecule has 2 unspecified atom stereocenters. The number of hydrogen-bond donors (Lipinski definition) is 2. The van der Waals surface area contributed by atoms with Crippen LogP contribution in [0.25, 0.3) is 11.2 Å². The summed E-state index contributed by atoms with van der Waals surface area (Å²) in [6.07, 6.45) is 5.64. The van der Waals surface area contributed by atoms with Crippen LogP contribution in [0.15, 0.2) is 35.5 Å². The minimum Gasteiger partial charge on any atom is -0.444 e. The van der Waals surface area contributed by atoms with Crippen LogP contribution in [-0.4, -0.2) is 68.7 Å². The summed E-state index contributed by atoms with van der Waals surface area (Å²) in [5.41, 5.74) is -0.209. The minimum atomic E-state index is -3.94. The number of rotatable bonds is 6. The Morgan fingerprint density at radius 2 is 2.03 bits per heavy atom. The number of ether oxygens (including phenoxy) is 1. The number of β-amino-alcohol motifs (C(OH)–C–C–N with tert-alkyl or cyclic N) is 1. The monoisotopic (exact) mass is 539 g/mol. The normalized spacial score (nSPS) is 19.3. The largest absolute Gasteiger partial charge is 0.444 e. The molecule has 2 amide bonds. The third-order valence-corrected chi connectivity index (χ3v) is 7.33. The Bertz CT molecular complexity index is 1330. The predicted octanol–water partition coefficient (Wildman–Crippen LogP) is 2.73. The molecule has 2 N–H and O–H groups in total. The van der Waals surface area contributed by atoms with Gasteiger partial charge in [-0.15, -0.1) is 0 Å². The molecule has 2 aromatic rings. The van der Waals surface area contributed by atoms with E-state index in [9.17, 15) is 23.1 Å². The van der Waals surface area contributed by atoms with E-state index in [0.717, 1.165) is 3.97 Å². The third-order valence-electron chi connectivity index (χ3n) is 5.29. The fourth-order valence-electron chi connectivity index (χ4n) is 3.72. The van der Waals surface area contributed by atoms with Gasteiger partial charge in [-0.2, -0.15) is 0 Å². The minimum absolute atomic E-state index is 0.0161. The summed E-state index contributed by atoms with van der Waals surface area (Å²) in [6, 6.07) is -0.910. The first-order valence-electron chi connectivity index (χ1n) is 11.3. The second kappa shape index (κ2) is 10.6. The molecule has 0 aromatic carbocycles. The summed E-state index contributed by atoms with van der Waals surface area (Å²) in [5, 5.41) is 12.8. The number of hydrogen-bond acceptors (Lipinski definition) is 8. The first kappa shape index (κ1) is 27.6. The molecule has 13 heteroatoms. The van der Waals surface area contributed by atoms with E-state index in [0.29, 0.717) is 5.69 Å². The van der Waals surface area contributed by atoms with Crippen molar-refractivity contribution >= 4 is 44.8 Å². The molecule has 2 atom stereocenters. The summed E-state index contributed by atoms with van der Waals surface area (Å²) < 4.78 is 32.4. The van der Waals surface area contributed by atoms with E-state index in [-0.39, 0.29) is 40.6 Å². The molecule has 3 heterocycles. The Kier molecular flexibility index (Phi) is 8.11. The van der Waals surface area contributed by atoms with Crippen LogP contribution in [0.5, 0.6) is 0 Å². The van der Waals surface area contributed by atoms with E-state index in [1.54, 1.807) is 40.7 Å². The Morgan fingerprint density at radius 1 is 1.33 bits per heavy atom. The molecular formula is C23H30ClN5O6S. The molecular weight excluding hydrogens is 510 g/mol. The van der Waals surface area contributed by atoms with Gasteiger partial charge in [0.05, 0.1) is 41.0 Å². The number of aliphatic hydroxyl groups is 1. The summed E-state index contributed by atoms with van der Waals surface area (Å²) in [6.45, 7) is 8.39. The van der Waals surface area contributed by atoms with E-state index >= 15 is 0 Å². The number of allylic oxidation sites excluding steroid dienone is 3. The van der Waals surface area contributed by atoms with Gasteiger partial charge in [-0.3, -0.25) is 9.69 Å². The highest BCUT2D eigenvalue weighted by Crippen LogP contribution is 2.27. The van der Waals surface area contributed by atoms with Crippen LogP contribution in [0.3, 0.4) is 0 Å². The van der Waals surface area contributed by atoms with Crippen molar-refractivity contribution in [3.8, 4) is 0 Å². The Balaban J connectivity index is 1.79. The molecule has 11 nitrogen and oxygen atoms in total. The van der Waals surface area contributed by atoms with E-state index in [1.165, 1.54) is 29.4 Å². The summed E-state index contributed by atoms with van der Waals surface area (Å²) in [5.74, 6) is -0.491. The van der Waals surface area contributed by atoms with Crippen LogP contribution < -0.4 is 5.32 Å². The molecule has 0 radical (unpaired) electrons. The van der Waals surface area contributed by atoms with Gasteiger partial charge in [0.1, 0.15) is 17.2 Å². The van der Waals surface area contributed by atoms with E-state index < -0.39 is 39.8 Å². The summed E-state index contributed by atoms with van der Waals surface area (Å²) >= 11 is 6.27. The molecule has 0 aliphatic carbocycles. The maximum Gasteiger partial charge on any atom is 0.411 e. The van der Waals surface area contributed by atoms with E-state index in [1.807, 2.05) is 0 Å². The maximum absolute atomic E-state index is 13.0. The highest BCUT2D eigenvalue weighted by molar-refractivity contribution is 7.94. The lowest BCUT2D eigenvalue weighted by Crippen LogP contribution is -2.47. The number of carbonyl (C=O) groups excluding carboxylic acids is 2. The van der Waals surface area contributed by atoms with Crippen molar-refractivity contribution < 1.29 is 27.9 Å². The molecule has 0 spiro atoms. The SMILES string of the molecule is CC=CC(=CC)S(=O)(=O)n1cc(Cl)c2nc(CNC(=O)C3CC(O)CN3C(=O)OC(C)(C)C)cnc21. The topological polar surface area (TPSA) is 144 Å². The average Bonchev–Trinajstić information content (AvgIpc) is 3.35. The molecule has 1 saturated heterocycles. The first-order valence-corrected chi connectivity index (χ1v) is 13.1. The zero-order valence-electron chi connectivity index (χ0n) is 20.7. The van der Waals surface area contributed by atoms with Crippen LogP contribution >= 0.6 is 11.6 Å². The third kappa shape index (κ3) is 5.88. The molecule has 2 aromatic heterocycles. The number of fused-ring (bicyclic) bond motifs is 1. The Morgan fingerprint density at radius 3 is 2.64 bits per heavy atom. The zero-order valence-corrected chi connectivity index (χ0v) is 22.3. The quantitative estimate of drug-likeness (QED) is 0.533. The lowest BCUT2D eigenvalue weighted by Gasteiger charge is -2.27. The van der Waals surface area contributed by atoms with Crippen molar-refractivity contribution in [3.05, 3.63) is 46.2 Å². The van der Waals surface area contributed by atoms with Gasteiger partial charge in [0, 0.05) is 12.6 Å². The number of halogens is 1. The van der Waals surface area contributed by atoms with Crippen molar-refractivity contribution in [3.63, 3.8) is 0 Å². The smallest absolute Gasteiger partial charge is 0.411 e. The molecule has 1 aliphatic heterocycles. The van der Waals surface area contributed by atoms with Gasteiger partial charge in [-0.25, -0.2) is 27.2 Å². The van der Waals surface area contributed by atoms with Crippen molar-refractivity contribution in [1.29, 1.82) is 0 Å². The fourth-order valence-corrected chi connectivity index (χ4v) is 5.44. The van der Waals surface area contributed by atoms with Gasteiger partial charge in [-0.05, 0) is 40.7 Å². The van der Waals surface area contributed by atoms with Crippen molar-refractivity contribution in [2.24, 2.45) is 0 Å². The molecule has 36 heavy (non-hydrogen) atoms.